The van der Waals surface area contributed by atoms with Gasteiger partial charge in [-0.25, -0.2) is 9.59 Å². The zero-order chi connectivity index (χ0) is 23.9. The molecule has 0 fully saturated rings. The molecule has 1 heterocycles. The summed E-state index contributed by atoms with van der Waals surface area (Å²) in [6.45, 7) is -0.00144. The molecule has 3 aromatic rings. The smallest absolute Gasteiger partial charge is 0.338 e. The van der Waals surface area contributed by atoms with Crippen LogP contribution in [0.2, 0.25) is 0 Å². The molecule has 34 heavy (non-hydrogen) atoms. The number of ether oxygens (including phenoxy) is 1. The molecule has 0 radical (unpaired) electrons. The minimum Gasteiger partial charge on any atom is -0.508 e. The molecular formula is C27H23N3O4. The molecule has 1 atom stereocenters. The van der Waals surface area contributed by atoms with E-state index in [1.165, 1.54) is 0 Å². The zero-order valence-corrected chi connectivity index (χ0v) is 18.3. The second-order valence-electron chi connectivity index (χ2n) is 7.89. The van der Waals surface area contributed by atoms with Crippen LogP contribution in [0.3, 0.4) is 0 Å². The Kier molecular flexibility index (Phi) is 6.89. The fourth-order valence-corrected chi connectivity index (χ4v) is 3.84. The standard InChI is InChI=1S/C27H23N3O4/c28-16-19-5-4-6-20(15-19)17-34-26(32)24-23(14-11-18-9-12-22(31)13-10-18)29-27(33)30-25(24)21-7-2-1-3-8-21/h1-10,12-13,15,25,31H,11,14,17H2,(H2,29,30,33). The minimum absolute atomic E-state index is 0.00144. The third kappa shape index (κ3) is 5.43. The molecule has 3 aromatic carbocycles. The second kappa shape index (κ2) is 10.4. The maximum Gasteiger partial charge on any atom is 0.338 e. The van der Waals surface area contributed by atoms with E-state index in [2.05, 4.69) is 16.7 Å². The van der Waals surface area contributed by atoms with E-state index in [1.54, 1.807) is 48.5 Å². The van der Waals surface area contributed by atoms with Crippen LogP contribution in [-0.2, 0) is 22.6 Å². The largest absolute Gasteiger partial charge is 0.508 e. The minimum atomic E-state index is -0.664. The lowest BCUT2D eigenvalue weighted by atomic mass is 9.93. The number of nitrogens with zero attached hydrogens (tertiary/aromatic N) is 1. The molecule has 2 amide bonds. The number of amides is 2. The van der Waals surface area contributed by atoms with E-state index in [1.807, 2.05) is 30.3 Å². The molecule has 7 heteroatoms. The van der Waals surface area contributed by atoms with Crippen LogP contribution in [0.4, 0.5) is 4.79 Å². The van der Waals surface area contributed by atoms with Crippen molar-refractivity contribution < 1.29 is 19.4 Å². The summed E-state index contributed by atoms with van der Waals surface area (Å²) >= 11 is 0. The number of hydrogen-bond donors (Lipinski definition) is 3. The molecule has 3 N–H and O–H groups in total. The number of nitriles is 1. The first-order chi connectivity index (χ1) is 16.5. The lowest BCUT2D eigenvalue weighted by Crippen LogP contribution is -2.46. The number of carbonyl (C=O) groups is 2. The van der Waals surface area contributed by atoms with Crippen LogP contribution in [-0.4, -0.2) is 17.1 Å². The van der Waals surface area contributed by atoms with Crippen LogP contribution in [0, 0.1) is 11.3 Å². The Morgan fingerprint density at radius 3 is 2.47 bits per heavy atom. The number of phenols is 1. The van der Waals surface area contributed by atoms with Crippen molar-refractivity contribution in [3.63, 3.8) is 0 Å². The number of urea groups is 1. The van der Waals surface area contributed by atoms with Crippen LogP contribution < -0.4 is 10.6 Å². The highest BCUT2D eigenvalue weighted by Gasteiger charge is 2.33. The monoisotopic (exact) mass is 453 g/mol. The highest BCUT2D eigenvalue weighted by atomic mass is 16.5. The van der Waals surface area contributed by atoms with Gasteiger partial charge in [-0.3, -0.25) is 0 Å². The van der Waals surface area contributed by atoms with E-state index in [9.17, 15) is 14.7 Å². The Hall–Kier alpha value is -4.57. The van der Waals surface area contributed by atoms with E-state index >= 15 is 0 Å². The van der Waals surface area contributed by atoms with Crippen molar-refractivity contribution in [1.29, 1.82) is 5.26 Å². The van der Waals surface area contributed by atoms with Gasteiger partial charge in [0, 0.05) is 5.70 Å². The normalized spacial score (nSPS) is 15.1. The second-order valence-corrected chi connectivity index (χ2v) is 7.89. The topological polar surface area (TPSA) is 111 Å². The molecule has 1 aliphatic rings. The third-order valence-electron chi connectivity index (χ3n) is 5.53. The highest BCUT2D eigenvalue weighted by Crippen LogP contribution is 2.30. The number of esters is 1. The predicted octanol–water partition coefficient (Wildman–Crippen LogP) is 4.25. The third-order valence-corrected chi connectivity index (χ3v) is 5.53. The van der Waals surface area contributed by atoms with Gasteiger partial charge in [-0.1, -0.05) is 54.6 Å². The Balaban J connectivity index is 1.63. The number of aryl methyl sites for hydroxylation is 1. The summed E-state index contributed by atoms with van der Waals surface area (Å²) in [7, 11) is 0. The van der Waals surface area contributed by atoms with Crippen LogP contribution in [0.15, 0.2) is 90.1 Å². The fraction of sp³-hybridized carbons (Fsp3) is 0.148. The number of benzene rings is 3. The van der Waals surface area contributed by atoms with Gasteiger partial charge in [0.05, 0.1) is 23.2 Å². The molecule has 0 spiro atoms. The summed E-state index contributed by atoms with van der Waals surface area (Å²) in [5, 5.41) is 24.2. The summed E-state index contributed by atoms with van der Waals surface area (Å²) in [5.74, 6) is -0.378. The predicted molar refractivity (Wildman–Crippen MR) is 125 cm³/mol. The van der Waals surface area contributed by atoms with Crippen molar-refractivity contribution in [2.75, 3.05) is 0 Å². The van der Waals surface area contributed by atoms with Crippen molar-refractivity contribution in [3.8, 4) is 11.8 Å². The maximum absolute atomic E-state index is 13.3. The van der Waals surface area contributed by atoms with Gasteiger partial charge in [-0.15, -0.1) is 0 Å². The first-order valence-electron chi connectivity index (χ1n) is 10.8. The van der Waals surface area contributed by atoms with E-state index in [4.69, 9.17) is 10.00 Å². The molecule has 0 saturated carbocycles. The lowest BCUT2D eigenvalue weighted by Gasteiger charge is -2.29. The summed E-state index contributed by atoms with van der Waals surface area (Å²) in [5.41, 5.74) is 3.72. The van der Waals surface area contributed by atoms with Gasteiger partial charge in [-0.2, -0.15) is 5.26 Å². The van der Waals surface area contributed by atoms with E-state index in [-0.39, 0.29) is 12.4 Å². The summed E-state index contributed by atoms with van der Waals surface area (Å²) in [6, 6.07) is 23.9. The van der Waals surface area contributed by atoms with Crippen molar-refractivity contribution >= 4 is 12.0 Å². The summed E-state index contributed by atoms with van der Waals surface area (Å²) in [4.78, 5) is 25.8. The summed E-state index contributed by atoms with van der Waals surface area (Å²) in [6.07, 6.45) is 0.953. The van der Waals surface area contributed by atoms with Crippen molar-refractivity contribution in [2.45, 2.75) is 25.5 Å². The highest BCUT2D eigenvalue weighted by molar-refractivity contribution is 5.95. The fourth-order valence-electron chi connectivity index (χ4n) is 3.84. The Morgan fingerprint density at radius 2 is 1.74 bits per heavy atom. The molecule has 1 aliphatic heterocycles. The summed E-state index contributed by atoms with van der Waals surface area (Å²) < 4.78 is 5.62. The van der Waals surface area contributed by atoms with Gasteiger partial charge in [0.1, 0.15) is 12.4 Å². The van der Waals surface area contributed by atoms with E-state index < -0.39 is 18.0 Å². The Bertz CT molecular complexity index is 1260. The van der Waals surface area contributed by atoms with E-state index in [0.717, 1.165) is 11.1 Å². The van der Waals surface area contributed by atoms with Crippen LogP contribution in [0.1, 0.15) is 34.7 Å². The molecule has 0 aliphatic carbocycles. The van der Waals surface area contributed by atoms with Crippen molar-refractivity contribution in [1.82, 2.24) is 10.6 Å². The zero-order valence-electron chi connectivity index (χ0n) is 18.3. The molecule has 0 aromatic heterocycles. The van der Waals surface area contributed by atoms with Gasteiger partial charge in [0.2, 0.25) is 0 Å². The molecule has 170 valence electrons. The number of allylic oxidation sites excluding steroid dienone is 1. The molecular weight excluding hydrogens is 430 g/mol. The van der Waals surface area contributed by atoms with Crippen LogP contribution >= 0.6 is 0 Å². The van der Waals surface area contributed by atoms with Gasteiger partial charge >= 0.3 is 12.0 Å². The number of hydrogen-bond acceptors (Lipinski definition) is 5. The van der Waals surface area contributed by atoms with Crippen molar-refractivity contribution in [3.05, 3.63) is 112 Å². The number of rotatable bonds is 7. The van der Waals surface area contributed by atoms with Gasteiger partial charge < -0.3 is 20.5 Å². The molecule has 7 nitrogen and oxygen atoms in total. The number of phenolic OH excluding ortho intramolecular Hbond substituents is 1. The van der Waals surface area contributed by atoms with Gasteiger partial charge in [0.25, 0.3) is 0 Å². The van der Waals surface area contributed by atoms with Crippen molar-refractivity contribution in [2.24, 2.45) is 0 Å². The average Bonchev–Trinajstić information content (AvgIpc) is 2.87. The van der Waals surface area contributed by atoms with E-state index in [0.29, 0.717) is 35.2 Å². The van der Waals surface area contributed by atoms with Crippen LogP contribution in [0.5, 0.6) is 5.75 Å². The van der Waals surface area contributed by atoms with Gasteiger partial charge in [-0.05, 0) is 53.8 Å². The Labute approximate surface area is 197 Å². The number of nitrogens with one attached hydrogen (secondary N) is 2. The van der Waals surface area contributed by atoms with Crippen LogP contribution in [0.25, 0.3) is 0 Å². The quantitative estimate of drug-likeness (QED) is 0.463. The molecule has 0 bridgehead atoms. The molecule has 4 rings (SSSR count). The molecule has 0 saturated heterocycles. The number of aromatic hydroxyl groups is 1. The lowest BCUT2D eigenvalue weighted by molar-refractivity contribution is -0.140. The van der Waals surface area contributed by atoms with Gasteiger partial charge in [0.15, 0.2) is 0 Å². The molecule has 1 unspecified atom stereocenters. The Morgan fingerprint density at radius 1 is 0.971 bits per heavy atom. The first-order valence-corrected chi connectivity index (χ1v) is 10.8. The number of carbonyl (C=O) groups excluding carboxylic acids is 2. The maximum atomic E-state index is 13.3. The average molecular weight is 453 g/mol. The first kappa shape index (κ1) is 22.6. The SMILES string of the molecule is N#Cc1cccc(COC(=O)C2=C(CCc3ccc(O)cc3)NC(=O)NC2c2ccccc2)c1.